The van der Waals surface area contributed by atoms with Crippen LogP contribution in [0.25, 0.3) is 11.3 Å². The van der Waals surface area contributed by atoms with Crippen molar-refractivity contribution in [2.75, 3.05) is 19.6 Å². The quantitative estimate of drug-likeness (QED) is 0.580. The average molecular weight is 419 g/mol. The van der Waals surface area contributed by atoms with Gasteiger partial charge in [0.15, 0.2) is 5.76 Å². The van der Waals surface area contributed by atoms with E-state index in [0.29, 0.717) is 27.9 Å². The molecule has 1 aromatic carbocycles. The summed E-state index contributed by atoms with van der Waals surface area (Å²) in [4.78, 5) is 14.9. The van der Waals surface area contributed by atoms with Crippen LogP contribution in [0.2, 0.25) is 10.0 Å². The first-order valence-corrected chi connectivity index (χ1v) is 9.99. The molecule has 1 atom stereocenters. The van der Waals surface area contributed by atoms with Crippen LogP contribution in [-0.2, 0) is 0 Å². The number of likely N-dealkylation sites (tertiary alicyclic amines) is 1. The number of rotatable bonds is 6. The van der Waals surface area contributed by atoms with Crippen LogP contribution in [-0.4, -0.2) is 30.4 Å². The van der Waals surface area contributed by atoms with Crippen LogP contribution in [0, 0.1) is 0 Å². The molecule has 0 saturated carbocycles. The molecule has 0 spiro atoms. The molecule has 0 radical (unpaired) electrons. The van der Waals surface area contributed by atoms with E-state index in [2.05, 4.69) is 10.2 Å². The molecule has 1 N–H and O–H groups in total. The summed E-state index contributed by atoms with van der Waals surface area (Å²) in [5.74, 6) is 1.30. The summed E-state index contributed by atoms with van der Waals surface area (Å²) in [7, 11) is 0. The molecule has 2 aromatic heterocycles. The Labute approximate surface area is 173 Å². The zero-order valence-electron chi connectivity index (χ0n) is 15.2. The van der Waals surface area contributed by atoms with Gasteiger partial charge in [-0.3, -0.25) is 9.69 Å². The molecule has 5 nitrogen and oxygen atoms in total. The molecule has 1 amide bonds. The van der Waals surface area contributed by atoms with Crippen LogP contribution < -0.4 is 5.32 Å². The molecule has 0 aliphatic carbocycles. The second-order valence-corrected chi connectivity index (χ2v) is 7.53. The molecule has 28 heavy (non-hydrogen) atoms. The van der Waals surface area contributed by atoms with E-state index < -0.39 is 0 Å². The second kappa shape index (κ2) is 8.43. The number of carbonyl (C=O) groups is 1. The summed E-state index contributed by atoms with van der Waals surface area (Å²) in [6.07, 6.45) is 3.98. The number of amides is 1. The maximum Gasteiger partial charge on any atom is 0.287 e. The molecule has 7 heteroatoms. The predicted molar refractivity (Wildman–Crippen MR) is 109 cm³/mol. The summed E-state index contributed by atoms with van der Waals surface area (Å²) in [5, 5.41) is 3.80. The topological polar surface area (TPSA) is 58.6 Å². The first-order valence-electron chi connectivity index (χ1n) is 9.23. The first kappa shape index (κ1) is 19.1. The van der Waals surface area contributed by atoms with Crippen LogP contribution in [0.3, 0.4) is 0 Å². The molecule has 0 bridgehead atoms. The first-order chi connectivity index (χ1) is 13.6. The van der Waals surface area contributed by atoms with Crippen LogP contribution in [0.4, 0.5) is 0 Å². The highest BCUT2D eigenvalue weighted by Gasteiger charge is 2.26. The third kappa shape index (κ3) is 3.97. The highest BCUT2D eigenvalue weighted by atomic mass is 35.5. The van der Waals surface area contributed by atoms with Gasteiger partial charge in [-0.2, -0.15) is 0 Å². The van der Waals surface area contributed by atoms with Crippen molar-refractivity contribution in [2.45, 2.75) is 18.9 Å². The lowest BCUT2D eigenvalue weighted by molar-refractivity contribution is 0.0907. The van der Waals surface area contributed by atoms with E-state index in [1.807, 2.05) is 12.1 Å². The number of halogens is 2. The van der Waals surface area contributed by atoms with Gasteiger partial charge in [-0.05, 0) is 62.3 Å². The van der Waals surface area contributed by atoms with E-state index in [-0.39, 0.29) is 17.7 Å². The van der Waals surface area contributed by atoms with Crippen molar-refractivity contribution < 1.29 is 13.6 Å². The van der Waals surface area contributed by atoms with Gasteiger partial charge in [-0.25, -0.2) is 0 Å². The molecule has 1 fully saturated rings. The molecule has 1 aliphatic rings. The van der Waals surface area contributed by atoms with Gasteiger partial charge in [-0.1, -0.05) is 29.3 Å². The van der Waals surface area contributed by atoms with Crippen molar-refractivity contribution >= 4 is 29.1 Å². The van der Waals surface area contributed by atoms with Crippen molar-refractivity contribution in [3.63, 3.8) is 0 Å². The summed E-state index contributed by atoms with van der Waals surface area (Å²) in [6.45, 7) is 2.44. The highest BCUT2D eigenvalue weighted by molar-refractivity contribution is 6.43. The Morgan fingerprint density at radius 1 is 1.11 bits per heavy atom. The second-order valence-electron chi connectivity index (χ2n) is 6.75. The number of nitrogens with one attached hydrogen (secondary N) is 1. The van der Waals surface area contributed by atoms with Crippen LogP contribution in [0.1, 0.15) is 35.2 Å². The summed E-state index contributed by atoms with van der Waals surface area (Å²) in [5.41, 5.74) is 0.652. The fourth-order valence-corrected chi connectivity index (χ4v) is 3.91. The van der Waals surface area contributed by atoms with Crippen molar-refractivity contribution in [3.05, 3.63) is 70.3 Å². The third-order valence-corrected chi connectivity index (χ3v) is 5.77. The van der Waals surface area contributed by atoms with Crippen LogP contribution in [0.5, 0.6) is 0 Å². The van der Waals surface area contributed by atoms with Gasteiger partial charge in [0, 0.05) is 12.1 Å². The van der Waals surface area contributed by atoms with Gasteiger partial charge in [0.05, 0.1) is 22.4 Å². The number of hydrogen-bond acceptors (Lipinski definition) is 4. The maximum atomic E-state index is 12.6. The van der Waals surface area contributed by atoms with Gasteiger partial charge in [0.25, 0.3) is 5.91 Å². The van der Waals surface area contributed by atoms with Gasteiger partial charge < -0.3 is 14.2 Å². The van der Waals surface area contributed by atoms with E-state index in [9.17, 15) is 4.79 Å². The standard InChI is InChI=1S/C21H20Cl2N2O3/c22-15-6-3-5-14(20(15)23)17-8-9-19(28-17)21(26)24-13-16(18-7-4-12-27-18)25-10-1-2-11-25/h3-9,12,16H,1-2,10-11,13H2,(H,24,26)/t16-/m1/s1. The molecule has 3 aromatic rings. The Hall–Kier alpha value is -2.21. The number of nitrogens with zero attached hydrogens (tertiary/aromatic N) is 1. The van der Waals surface area contributed by atoms with Crippen LogP contribution >= 0.6 is 23.2 Å². The molecular formula is C21H20Cl2N2O3. The van der Waals surface area contributed by atoms with Crippen molar-refractivity contribution in [1.29, 1.82) is 0 Å². The summed E-state index contributed by atoms with van der Waals surface area (Å²) >= 11 is 12.3. The Morgan fingerprint density at radius 3 is 2.68 bits per heavy atom. The average Bonchev–Trinajstić information content (AvgIpc) is 3.47. The SMILES string of the molecule is O=C(NC[C@H](c1ccco1)N1CCCC1)c1ccc(-c2cccc(Cl)c2Cl)o1. The Bertz CT molecular complexity index is 946. The Morgan fingerprint density at radius 2 is 1.93 bits per heavy atom. The van der Waals surface area contributed by atoms with Crippen molar-refractivity contribution in [1.82, 2.24) is 10.2 Å². The van der Waals surface area contributed by atoms with E-state index >= 15 is 0 Å². The van der Waals surface area contributed by atoms with E-state index in [0.717, 1.165) is 31.7 Å². The minimum atomic E-state index is -0.278. The van der Waals surface area contributed by atoms with E-state index in [1.165, 1.54) is 0 Å². The van der Waals surface area contributed by atoms with Crippen LogP contribution in [0.15, 0.2) is 57.6 Å². The van der Waals surface area contributed by atoms with E-state index in [1.54, 1.807) is 36.6 Å². The molecule has 3 heterocycles. The van der Waals surface area contributed by atoms with Gasteiger partial charge in [-0.15, -0.1) is 0 Å². The fourth-order valence-electron chi connectivity index (χ4n) is 3.52. The molecule has 1 aliphatic heterocycles. The number of benzene rings is 1. The number of furan rings is 2. The normalized spacial score (nSPS) is 15.6. The zero-order valence-corrected chi connectivity index (χ0v) is 16.7. The maximum absolute atomic E-state index is 12.6. The minimum absolute atomic E-state index is 0.0123. The summed E-state index contributed by atoms with van der Waals surface area (Å²) in [6, 6.07) is 12.5. The van der Waals surface area contributed by atoms with Gasteiger partial charge >= 0.3 is 0 Å². The molecule has 1 saturated heterocycles. The molecule has 146 valence electrons. The van der Waals surface area contributed by atoms with Gasteiger partial charge in [0.1, 0.15) is 11.5 Å². The molecular weight excluding hydrogens is 399 g/mol. The lowest BCUT2D eigenvalue weighted by atomic mass is 10.2. The van der Waals surface area contributed by atoms with E-state index in [4.69, 9.17) is 32.0 Å². The van der Waals surface area contributed by atoms with Crippen molar-refractivity contribution in [3.8, 4) is 11.3 Å². The van der Waals surface area contributed by atoms with Gasteiger partial charge in [0.2, 0.25) is 0 Å². The highest BCUT2D eigenvalue weighted by Crippen LogP contribution is 2.34. The zero-order chi connectivity index (χ0) is 19.5. The largest absolute Gasteiger partial charge is 0.468 e. The minimum Gasteiger partial charge on any atom is -0.468 e. The lowest BCUT2D eigenvalue weighted by Gasteiger charge is -2.25. The molecule has 4 rings (SSSR count). The Kier molecular flexibility index (Phi) is 5.76. The number of hydrogen-bond donors (Lipinski definition) is 1. The Balaban J connectivity index is 1.46. The fraction of sp³-hybridized carbons (Fsp3) is 0.286. The van der Waals surface area contributed by atoms with Crippen molar-refractivity contribution in [2.24, 2.45) is 0 Å². The lowest BCUT2D eigenvalue weighted by Crippen LogP contribution is -2.36. The predicted octanol–water partition coefficient (Wildman–Crippen LogP) is 5.41. The summed E-state index contributed by atoms with van der Waals surface area (Å²) < 4.78 is 11.3. The number of carbonyl (C=O) groups excluding carboxylic acids is 1. The molecule has 0 unspecified atom stereocenters. The third-order valence-electron chi connectivity index (χ3n) is 4.96. The smallest absolute Gasteiger partial charge is 0.287 e. The monoisotopic (exact) mass is 418 g/mol.